The van der Waals surface area contributed by atoms with Crippen LogP contribution in [0.1, 0.15) is 25.0 Å². The van der Waals surface area contributed by atoms with Gasteiger partial charge in [-0.3, -0.25) is 4.79 Å². The maximum atomic E-state index is 11.4. The summed E-state index contributed by atoms with van der Waals surface area (Å²) in [6, 6.07) is 6.13. The molecule has 5 nitrogen and oxygen atoms in total. The zero-order valence-corrected chi connectivity index (χ0v) is 12.6. The largest absolute Gasteiger partial charge is 0.370 e. The van der Waals surface area contributed by atoms with Crippen LogP contribution >= 0.6 is 0 Å². The Balaban J connectivity index is 2.76. The molecule has 5 heteroatoms. The summed E-state index contributed by atoms with van der Waals surface area (Å²) in [4.78, 5) is 15.4. The van der Waals surface area contributed by atoms with Gasteiger partial charge in [0.25, 0.3) is 0 Å². The molecule has 1 amide bonds. The van der Waals surface area contributed by atoms with Gasteiger partial charge in [0.15, 0.2) is 5.96 Å². The van der Waals surface area contributed by atoms with Crippen molar-refractivity contribution in [1.82, 2.24) is 5.32 Å². The Kier molecular flexibility index (Phi) is 6.82. The van der Waals surface area contributed by atoms with Crippen molar-refractivity contribution in [3.63, 3.8) is 0 Å². The molecule has 0 aliphatic rings. The Morgan fingerprint density at radius 3 is 2.48 bits per heavy atom. The number of terminal acetylenes is 1. The number of nitrogens with two attached hydrogens (primary N) is 1. The molecule has 0 radical (unpaired) electrons. The molecule has 0 atom stereocenters. The number of carbonyl (C=O) groups excluding carboxylic acids is 1. The number of rotatable bonds is 6. The number of nitrogens with one attached hydrogen (secondary N) is 2. The molecule has 0 heterocycles. The lowest BCUT2D eigenvalue weighted by molar-refractivity contribution is -0.119. The number of carbonyl (C=O) groups is 1. The van der Waals surface area contributed by atoms with Gasteiger partial charge in [0.2, 0.25) is 5.91 Å². The minimum absolute atomic E-state index is 0.0454. The van der Waals surface area contributed by atoms with Crippen LogP contribution in [0.2, 0.25) is 0 Å². The molecule has 0 aromatic heterocycles. The van der Waals surface area contributed by atoms with Crippen molar-refractivity contribution in [2.75, 3.05) is 18.4 Å². The third kappa shape index (κ3) is 5.19. The fraction of sp³-hybridized carbons (Fsp3) is 0.375. The molecule has 4 N–H and O–H groups in total. The van der Waals surface area contributed by atoms with Gasteiger partial charge >= 0.3 is 0 Å². The molecule has 1 aromatic carbocycles. The first-order valence-corrected chi connectivity index (χ1v) is 7.00. The number of para-hydroxylation sites is 1. The van der Waals surface area contributed by atoms with Gasteiger partial charge in [0.1, 0.15) is 6.54 Å². The Morgan fingerprint density at radius 1 is 1.33 bits per heavy atom. The van der Waals surface area contributed by atoms with Crippen molar-refractivity contribution < 1.29 is 4.79 Å². The molecule has 112 valence electrons. The monoisotopic (exact) mass is 286 g/mol. The number of aryl methyl sites for hydroxylation is 2. The summed E-state index contributed by atoms with van der Waals surface area (Å²) < 4.78 is 0. The number of guanidine groups is 1. The van der Waals surface area contributed by atoms with E-state index in [1.165, 1.54) is 11.1 Å². The van der Waals surface area contributed by atoms with Gasteiger partial charge in [-0.25, -0.2) is 4.99 Å². The summed E-state index contributed by atoms with van der Waals surface area (Å²) in [5.41, 5.74) is 9.17. The maximum Gasteiger partial charge on any atom is 0.242 e. The van der Waals surface area contributed by atoms with Crippen molar-refractivity contribution in [1.29, 1.82) is 0 Å². The fourth-order valence-electron chi connectivity index (χ4n) is 1.93. The lowest BCUT2D eigenvalue weighted by Crippen LogP contribution is -2.29. The number of hydrogen-bond donors (Lipinski definition) is 3. The van der Waals surface area contributed by atoms with Gasteiger partial charge in [-0.05, 0) is 24.0 Å². The summed E-state index contributed by atoms with van der Waals surface area (Å²) >= 11 is 0. The maximum absolute atomic E-state index is 11.4. The fourth-order valence-corrected chi connectivity index (χ4v) is 1.93. The summed E-state index contributed by atoms with van der Waals surface area (Å²) in [5.74, 6) is 2.30. The average Bonchev–Trinajstić information content (AvgIpc) is 2.51. The number of anilines is 1. The van der Waals surface area contributed by atoms with Crippen molar-refractivity contribution in [2.24, 2.45) is 10.7 Å². The van der Waals surface area contributed by atoms with Crippen molar-refractivity contribution >= 4 is 17.6 Å². The lowest BCUT2D eigenvalue weighted by Gasteiger charge is -2.14. The van der Waals surface area contributed by atoms with E-state index in [0.717, 1.165) is 18.5 Å². The minimum Gasteiger partial charge on any atom is -0.370 e. The van der Waals surface area contributed by atoms with Crippen LogP contribution in [0.4, 0.5) is 5.69 Å². The molecular formula is C16H22N4O. The summed E-state index contributed by atoms with van der Waals surface area (Å²) in [6.45, 7) is 4.32. The lowest BCUT2D eigenvalue weighted by atomic mass is 10.0. The molecule has 0 aliphatic carbocycles. The van der Waals surface area contributed by atoms with E-state index >= 15 is 0 Å². The van der Waals surface area contributed by atoms with Gasteiger partial charge in [-0.1, -0.05) is 38.0 Å². The zero-order chi connectivity index (χ0) is 15.7. The quantitative estimate of drug-likeness (QED) is 0.419. The smallest absolute Gasteiger partial charge is 0.242 e. The van der Waals surface area contributed by atoms with E-state index in [2.05, 4.69) is 35.4 Å². The molecule has 0 spiro atoms. The summed E-state index contributed by atoms with van der Waals surface area (Å²) in [7, 11) is 0. The molecule has 0 bridgehead atoms. The highest BCUT2D eigenvalue weighted by Crippen LogP contribution is 2.22. The number of amides is 1. The molecule has 0 aliphatic heterocycles. The Labute approximate surface area is 126 Å². The van der Waals surface area contributed by atoms with Crippen LogP contribution in [0.3, 0.4) is 0 Å². The van der Waals surface area contributed by atoms with E-state index in [9.17, 15) is 4.79 Å². The summed E-state index contributed by atoms with van der Waals surface area (Å²) in [6.07, 6.45) is 6.85. The van der Waals surface area contributed by atoms with E-state index in [1.54, 1.807) is 0 Å². The van der Waals surface area contributed by atoms with Gasteiger partial charge in [-0.15, -0.1) is 6.42 Å². The SMILES string of the molecule is C#CCNC(=O)CN=C(N)Nc1c(CC)cccc1CC. The van der Waals surface area contributed by atoms with Crippen LogP contribution in [-0.2, 0) is 17.6 Å². The highest BCUT2D eigenvalue weighted by molar-refractivity contribution is 5.95. The number of nitrogens with zero attached hydrogens (tertiary/aromatic N) is 1. The first-order chi connectivity index (χ1) is 10.1. The normalized spacial score (nSPS) is 10.8. The van der Waals surface area contributed by atoms with Crippen LogP contribution in [-0.4, -0.2) is 25.0 Å². The summed E-state index contributed by atoms with van der Waals surface area (Å²) in [5, 5.41) is 5.63. The molecule has 0 fully saturated rings. The molecule has 0 saturated heterocycles. The second-order valence-corrected chi connectivity index (χ2v) is 4.47. The van der Waals surface area contributed by atoms with Gasteiger partial charge < -0.3 is 16.4 Å². The van der Waals surface area contributed by atoms with Crippen LogP contribution in [0.5, 0.6) is 0 Å². The van der Waals surface area contributed by atoms with Gasteiger partial charge in [-0.2, -0.15) is 0 Å². The third-order valence-corrected chi connectivity index (χ3v) is 3.03. The van der Waals surface area contributed by atoms with Crippen LogP contribution < -0.4 is 16.4 Å². The Bertz CT molecular complexity index is 536. The predicted molar refractivity (Wildman–Crippen MR) is 87.2 cm³/mol. The number of aliphatic imine (C=N–C) groups is 1. The first-order valence-electron chi connectivity index (χ1n) is 7.00. The molecule has 0 saturated carbocycles. The number of benzene rings is 1. The van der Waals surface area contributed by atoms with Gasteiger partial charge in [0, 0.05) is 5.69 Å². The predicted octanol–water partition coefficient (Wildman–Crippen LogP) is 1.29. The topological polar surface area (TPSA) is 79.5 Å². The van der Waals surface area contributed by atoms with Crippen molar-refractivity contribution in [3.8, 4) is 12.3 Å². The zero-order valence-electron chi connectivity index (χ0n) is 12.6. The average molecular weight is 286 g/mol. The van der Waals surface area contributed by atoms with E-state index < -0.39 is 0 Å². The highest BCUT2D eigenvalue weighted by Gasteiger charge is 2.07. The number of hydrogen-bond acceptors (Lipinski definition) is 2. The standard InChI is InChI=1S/C16H22N4O/c1-4-10-18-14(21)11-19-16(17)20-15-12(5-2)8-7-9-13(15)6-3/h1,7-9H,5-6,10-11H2,2-3H3,(H,18,21)(H3,17,19,20). The second kappa shape index (κ2) is 8.64. The second-order valence-electron chi connectivity index (χ2n) is 4.47. The van der Waals surface area contributed by atoms with E-state index in [-0.39, 0.29) is 25.0 Å². The Morgan fingerprint density at radius 2 is 1.95 bits per heavy atom. The van der Waals surface area contributed by atoms with Crippen LogP contribution in [0, 0.1) is 12.3 Å². The van der Waals surface area contributed by atoms with Gasteiger partial charge in [0.05, 0.1) is 6.54 Å². The van der Waals surface area contributed by atoms with E-state index in [1.807, 2.05) is 18.2 Å². The van der Waals surface area contributed by atoms with Crippen LogP contribution in [0.25, 0.3) is 0 Å². The molecule has 21 heavy (non-hydrogen) atoms. The minimum atomic E-state index is -0.253. The third-order valence-electron chi connectivity index (χ3n) is 3.03. The van der Waals surface area contributed by atoms with E-state index in [4.69, 9.17) is 12.2 Å². The highest BCUT2D eigenvalue weighted by atomic mass is 16.1. The molecule has 1 rings (SSSR count). The van der Waals surface area contributed by atoms with Crippen molar-refractivity contribution in [3.05, 3.63) is 29.3 Å². The van der Waals surface area contributed by atoms with E-state index in [0.29, 0.717) is 0 Å². The van der Waals surface area contributed by atoms with Crippen molar-refractivity contribution in [2.45, 2.75) is 26.7 Å². The Hall–Kier alpha value is -2.48. The molecule has 0 unspecified atom stereocenters. The molecular weight excluding hydrogens is 264 g/mol. The first kappa shape index (κ1) is 16.6. The van der Waals surface area contributed by atoms with Crippen LogP contribution in [0.15, 0.2) is 23.2 Å². The molecule has 1 aromatic rings.